The van der Waals surface area contributed by atoms with Crippen LogP contribution in [0.3, 0.4) is 0 Å². The minimum atomic E-state index is -2.24. The normalized spacial score (nSPS) is 17.0. The number of thiocarbonyl (C=S) groups is 1. The molecule has 0 bridgehead atoms. The van der Waals surface area contributed by atoms with Crippen molar-refractivity contribution < 1.29 is 14.0 Å². The molecule has 0 spiro atoms. The number of nitrogens with one attached hydrogen (secondary N) is 1. The van der Waals surface area contributed by atoms with Crippen molar-refractivity contribution in [2.45, 2.75) is 96.2 Å². The Morgan fingerprint density at radius 3 is 1.97 bits per heavy atom. The second kappa shape index (κ2) is 11.9. The van der Waals surface area contributed by atoms with Crippen LogP contribution in [-0.4, -0.2) is 49.0 Å². The molecule has 1 aliphatic rings. The maximum Gasteiger partial charge on any atom is 0.407 e. The summed E-state index contributed by atoms with van der Waals surface area (Å²) in [5.74, 6) is 0. The van der Waals surface area contributed by atoms with Gasteiger partial charge >= 0.3 is 6.09 Å². The molecule has 0 radical (unpaired) electrons. The van der Waals surface area contributed by atoms with Crippen LogP contribution in [0.5, 0.6) is 0 Å². The summed E-state index contributed by atoms with van der Waals surface area (Å²) in [6, 6.07) is 21.4. The summed E-state index contributed by atoms with van der Waals surface area (Å²) in [7, 11) is -2.24. The molecule has 1 heterocycles. The van der Waals surface area contributed by atoms with Crippen molar-refractivity contribution in [1.82, 2.24) is 10.2 Å². The number of amides is 1. The average Bonchev–Trinajstić information content (AvgIpc) is 3.20. The topological polar surface area (TPSA) is 50.8 Å². The molecule has 208 valence electrons. The first kappa shape index (κ1) is 30.3. The van der Waals surface area contributed by atoms with Gasteiger partial charge in [0.15, 0.2) is 8.32 Å². The fourth-order valence-corrected chi connectivity index (χ4v) is 6.67. The second-order valence-corrected chi connectivity index (χ2v) is 17.9. The van der Waals surface area contributed by atoms with Crippen molar-refractivity contribution in [3.8, 4) is 0 Å². The third-order valence-electron chi connectivity index (χ3n) is 7.67. The Morgan fingerprint density at radius 1 is 0.974 bits per heavy atom. The van der Waals surface area contributed by atoms with Crippen LogP contribution in [0.1, 0.15) is 71.9 Å². The molecule has 38 heavy (non-hydrogen) atoms. The van der Waals surface area contributed by atoms with Crippen LogP contribution < -0.4 is 5.32 Å². The van der Waals surface area contributed by atoms with Gasteiger partial charge in [-0.15, -0.1) is 0 Å². The number of alkyl carbamates (subject to hydrolysis) is 1. The van der Waals surface area contributed by atoms with Crippen molar-refractivity contribution in [2.24, 2.45) is 0 Å². The number of carbonyl (C=O) groups excluding carboxylic acids is 1. The zero-order valence-electron chi connectivity index (χ0n) is 24.5. The van der Waals surface area contributed by atoms with Crippen molar-refractivity contribution in [1.29, 1.82) is 0 Å². The molecule has 0 unspecified atom stereocenters. The molecular weight excluding hydrogens is 509 g/mol. The van der Waals surface area contributed by atoms with E-state index in [0.29, 0.717) is 6.54 Å². The predicted octanol–water partition coefficient (Wildman–Crippen LogP) is 7.66. The molecule has 1 aliphatic heterocycles. The second-order valence-electron chi connectivity index (χ2n) is 12.8. The number of ether oxygens (including phenoxy) is 1. The zero-order chi connectivity index (χ0) is 28.2. The molecule has 1 amide bonds. The lowest BCUT2D eigenvalue weighted by molar-refractivity contribution is 0.0207. The van der Waals surface area contributed by atoms with Crippen molar-refractivity contribution in [3.05, 3.63) is 71.8 Å². The van der Waals surface area contributed by atoms with Crippen molar-refractivity contribution in [3.63, 3.8) is 0 Å². The summed E-state index contributed by atoms with van der Waals surface area (Å²) in [4.78, 5) is 15.5. The van der Waals surface area contributed by atoms with E-state index in [1.54, 1.807) is 0 Å². The average molecular weight is 555 g/mol. The molecule has 7 heteroatoms. The highest BCUT2D eigenvalue weighted by Gasteiger charge is 2.53. The molecule has 0 aliphatic carbocycles. The summed E-state index contributed by atoms with van der Waals surface area (Å²) in [6.07, 6.45) is 2.14. The minimum Gasteiger partial charge on any atom is -0.444 e. The predicted molar refractivity (Wildman–Crippen MR) is 163 cm³/mol. The van der Waals surface area contributed by atoms with Gasteiger partial charge in [-0.05, 0) is 62.9 Å². The third-order valence-corrected chi connectivity index (χ3v) is 12.6. The third kappa shape index (κ3) is 7.04. The maximum absolute atomic E-state index is 12.2. The summed E-state index contributed by atoms with van der Waals surface area (Å²) in [6.45, 7) is 18.4. The molecule has 1 fully saturated rings. The fourth-order valence-electron chi connectivity index (χ4n) is 4.86. The lowest BCUT2D eigenvalue weighted by Crippen LogP contribution is -2.57. The summed E-state index contributed by atoms with van der Waals surface area (Å²) >= 11 is 5.94. The van der Waals surface area contributed by atoms with Gasteiger partial charge in [-0.2, -0.15) is 0 Å². The van der Waals surface area contributed by atoms with E-state index in [0.717, 1.165) is 41.9 Å². The summed E-state index contributed by atoms with van der Waals surface area (Å²) in [5.41, 5.74) is 1.12. The van der Waals surface area contributed by atoms with Crippen LogP contribution in [0.25, 0.3) is 0 Å². The van der Waals surface area contributed by atoms with Gasteiger partial charge in [-0.1, -0.05) is 93.7 Å². The Kier molecular flexibility index (Phi) is 9.48. The molecule has 0 aromatic heterocycles. The lowest BCUT2D eigenvalue weighted by Gasteiger charge is -2.51. The van der Waals surface area contributed by atoms with Crippen molar-refractivity contribution >= 4 is 31.6 Å². The first-order valence-corrected chi connectivity index (χ1v) is 17.1. The van der Waals surface area contributed by atoms with E-state index in [9.17, 15) is 4.79 Å². The van der Waals surface area contributed by atoms with Gasteiger partial charge in [-0.3, -0.25) is 0 Å². The Labute approximate surface area is 236 Å². The number of nitrogens with zero attached hydrogens (tertiary/aromatic N) is 1. The molecular formula is C31H46N2O3SSi. The van der Waals surface area contributed by atoms with Crippen LogP contribution in [0, 0.1) is 0 Å². The largest absolute Gasteiger partial charge is 0.444 e. The number of likely N-dealkylation sites (tertiary alicyclic amines) is 1. The summed E-state index contributed by atoms with van der Waals surface area (Å²) in [5, 5.41) is 2.93. The van der Waals surface area contributed by atoms with E-state index in [1.807, 2.05) is 20.8 Å². The number of hydrogen-bond acceptors (Lipinski definition) is 4. The standard InChI is InChI=1S/C31H46N2O3SSi/c1-29(2,3)35-28(34)32-22-15-23-33-26(20-21-27(33)37)31(24-16-11-9-12-17-24,25-18-13-10-14-19-25)36-38(7,8)30(4,5)6/h9-14,16-19,26H,15,20-23H2,1-8H3,(H,32,34)/t26-/m0/s1. The van der Waals surface area contributed by atoms with Gasteiger partial charge in [0.1, 0.15) is 11.2 Å². The molecule has 1 atom stereocenters. The summed E-state index contributed by atoms with van der Waals surface area (Å²) < 4.78 is 13.0. The lowest BCUT2D eigenvalue weighted by atomic mass is 9.79. The van der Waals surface area contributed by atoms with E-state index in [1.165, 1.54) is 0 Å². The van der Waals surface area contributed by atoms with E-state index in [2.05, 4.69) is 105 Å². The Bertz CT molecular complexity index is 1040. The van der Waals surface area contributed by atoms with Gasteiger partial charge in [0.05, 0.1) is 11.0 Å². The Balaban J connectivity index is 2.00. The number of hydrogen-bond donors (Lipinski definition) is 1. The number of benzene rings is 2. The van der Waals surface area contributed by atoms with Crippen molar-refractivity contribution in [2.75, 3.05) is 13.1 Å². The number of rotatable bonds is 9. The number of carbonyl (C=O) groups is 1. The molecule has 2 aromatic carbocycles. The van der Waals surface area contributed by atoms with E-state index >= 15 is 0 Å². The molecule has 0 saturated carbocycles. The van der Waals surface area contributed by atoms with Crippen LogP contribution in [-0.2, 0) is 14.8 Å². The monoisotopic (exact) mass is 554 g/mol. The Hall–Kier alpha value is -2.22. The van der Waals surface area contributed by atoms with Crippen LogP contribution in [0.2, 0.25) is 18.1 Å². The SMILES string of the molecule is CC(C)(C)OC(=O)NCCCN1C(=S)CC[C@H]1C(O[Si](C)(C)C(C)(C)C)(c1ccccc1)c1ccccc1. The quantitative estimate of drug-likeness (QED) is 0.196. The maximum atomic E-state index is 12.2. The zero-order valence-corrected chi connectivity index (χ0v) is 26.3. The van der Waals surface area contributed by atoms with E-state index in [-0.39, 0.29) is 17.2 Å². The molecule has 1 N–H and O–H groups in total. The molecule has 3 rings (SSSR count). The first-order valence-electron chi connectivity index (χ1n) is 13.7. The van der Waals surface area contributed by atoms with E-state index < -0.39 is 19.5 Å². The fraction of sp³-hybridized carbons (Fsp3) is 0.548. The van der Waals surface area contributed by atoms with Gasteiger partial charge in [0.2, 0.25) is 0 Å². The molecule has 2 aromatic rings. The molecule has 5 nitrogen and oxygen atoms in total. The molecule has 1 saturated heterocycles. The highest BCUT2D eigenvalue weighted by Crippen LogP contribution is 2.49. The highest BCUT2D eigenvalue weighted by molar-refractivity contribution is 7.80. The van der Waals surface area contributed by atoms with Gasteiger partial charge < -0.3 is 19.4 Å². The Morgan fingerprint density at radius 2 is 1.50 bits per heavy atom. The van der Waals surface area contributed by atoms with Crippen LogP contribution in [0.15, 0.2) is 60.7 Å². The smallest absolute Gasteiger partial charge is 0.407 e. The first-order chi connectivity index (χ1) is 17.7. The van der Waals surface area contributed by atoms with Crippen LogP contribution in [0.4, 0.5) is 4.79 Å². The highest BCUT2D eigenvalue weighted by atomic mass is 32.1. The minimum absolute atomic E-state index is 0.0308. The van der Waals surface area contributed by atoms with Gasteiger partial charge in [0.25, 0.3) is 0 Å². The van der Waals surface area contributed by atoms with Gasteiger partial charge in [0, 0.05) is 19.5 Å². The van der Waals surface area contributed by atoms with E-state index in [4.69, 9.17) is 21.4 Å². The van der Waals surface area contributed by atoms with Gasteiger partial charge in [-0.25, -0.2) is 4.79 Å². The van der Waals surface area contributed by atoms with Crippen LogP contribution >= 0.6 is 12.2 Å².